The molecule has 1 N–H and O–H groups in total. The summed E-state index contributed by atoms with van der Waals surface area (Å²) in [5.41, 5.74) is -0.316. The number of anilines is 1. The molecule has 112 valence electrons. The second-order valence-electron chi connectivity index (χ2n) is 5.41. The van der Waals surface area contributed by atoms with Crippen molar-refractivity contribution in [3.8, 4) is 11.8 Å². The number of ether oxygens (including phenoxy) is 1. The lowest BCUT2D eigenvalue weighted by Crippen LogP contribution is -2.34. The maximum atomic E-state index is 12.6. The van der Waals surface area contributed by atoms with Crippen LogP contribution >= 0.6 is 11.6 Å². The number of hydrogen-bond acceptors (Lipinski definition) is 3. The van der Waals surface area contributed by atoms with E-state index in [2.05, 4.69) is 11.4 Å². The van der Waals surface area contributed by atoms with Gasteiger partial charge in [-0.2, -0.15) is 5.26 Å². The second-order valence-corrected chi connectivity index (χ2v) is 5.82. The number of carbonyl (C=O) groups is 1. The molecule has 1 fully saturated rings. The largest absolute Gasteiger partial charge is 0.495 e. The van der Waals surface area contributed by atoms with Gasteiger partial charge in [0.2, 0.25) is 5.91 Å². The summed E-state index contributed by atoms with van der Waals surface area (Å²) >= 11 is 5.97. The van der Waals surface area contributed by atoms with E-state index in [1.165, 1.54) is 7.11 Å². The molecule has 1 saturated carbocycles. The van der Waals surface area contributed by atoms with Gasteiger partial charge in [-0.05, 0) is 25.0 Å². The number of amides is 1. The second kappa shape index (κ2) is 6.82. The zero-order valence-electron chi connectivity index (χ0n) is 12.1. The van der Waals surface area contributed by atoms with Crippen molar-refractivity contribution in [1.29, 1.82) is 5.26 Å². The van der Waals surface area contributed by atoms with E-state index in [1.54, 1.807) is 18.2 Å². The van der Waals surface area contributed by atoms with E-state index in [9.17, 15) is 10.1 Å². The molecule has 21 heavy (non-hydrogen) atoms. The zero-order valence-corrected chi connectivity index (χ0v) is 12.9. The van der Waals surface area contributed by atoms with E-state index < -0.39 is 5.41 Å². The molecule has 0 atom stereocenters. The third-order valence-corrected chi connectivity index (χ3v) is 4.33. The van der Waals surface area contributed by atoms with Crippen molar-refractivity contribution in [2.24, 2.45) is 5.41 Å². The van der Waals surface area contributed by atoms with Gasteiger partial charge < -0.3 is 10.1 Å². The maximum Gasteiger partial charge on any atom is 0.244 e. The highest BCUT2D eigenvalue weighted by Gasteiger charge is 2.38. The Morgan fingerprint density at radius 1 is 1.33 bits per heavy atom. The smallest absolute Gasteiger partial charge is 0.244 e. The number of nitrogens with zero attached hydrogens (tertiary/aromatic N) is 1. The zero-order chi connectivity index (χ0) is 15.3. The quantitative estimate of drug-likeness (QED) is 0.853. The van der Waals surface area contributed by atoms with Crippen molar-refractivity contribution < 1.29 is 9.53 Å². The first-order valence-electron chi connectivity index (χ1n) is 7.17. The highest BCUT2D eigenvalue weighted by atomic mass is 35.5. The molecular formula is C16H19ClN2O2. The van der Waals surface area contributed by atoms with Gasteiger partial charge >= 0.3 is 0 Å². The van der Waals surface area contributed by atoms with E-state index in [0.29, 0.717) is 29.3 Å². The number of rotatable bonds is 3. The molecule has 1 aliphatic carbocycles. The molecule has 5 heteroatoms. The van der Waals surface area contributed by atoms with E-state index in [4.69, 9.17) is 16.3 Å². The lowest BCUT2D eigenvalue weighted by molar-refractivity contribution is -0.123. The number of carbonyl (C=O) groups excluding carboxylic acids is 1. The van der Waals surface area contributed by atoms with Gasteiger partial charge in [-0.25, -0.2) is 0 Å². The Morgan fingerprint density at radius 3 is 2.57 bits per heavy atom. The Kier molecular flexibility index (Phi) is 5.08. The number of nitrogens with one attached hydrogen (secondary N) is 1. The number of halogens is 1. The molecular weight excluding hydrogens is 288 g/mol. The van der Waals surface area contributed by atoms with Gasteiger partial charge in [0.25, 0.3) is 0 Å². The van der Waals surface area contributed by atoms with E-state index in [0.717, 1.165) is 25.7 Å². The topological polar surface area (TPSA) is 62.1 Å². The summed E-state index contributed by atoms with van der Waals surface area (Å²) in [6.45, 7) is 0. The molecule has 0 saturated heterocycles. The van der Waals surface area contributed by atoms with Crippen molar-refractivity contribution >= 4 is 23.2 Å². The van der Waals surface area contributed by atoms with E-state index in [-0.39, 0.29) is 5.91 Å². The Balaban J connectivity index is 2.17. The van der Waals surface area contributed by atoms with Crippen LogP contribution in [0.2, 0.25) is 5.02 Å². The summed E-state index contributed by atoms with van der Waals surface area (Å²) in [6.07, 6.45) is 5.27. The van der Waals surface area contributed by atoms with E-state index in [1.807, 2.05) is 0 Å². The lowest BCUT2D eigenvalue weighted by Gasteiger charge is -2.23. The van der Waals surface area contributed by atoms with E-state index >= 15 is 0 Å². The van der Waals surface area contributed by atoms with Crippen LogP contribution in [0.1, 0.15) is 38.5 Å². The van der Waals surface area contributed by atoms with Gasteiger partial charge in [-0.3, -0.25) is 4.79 Å². The van der Waals surface area contributed by atoms with Crippen LogP contribution in [0.3, 0.4) is 0 Å². The average Bonchev–Trinajstić information content (AvgIpc) is 2.75. The SMILES string of the molecule is COc1cc(NC(=O)C2(C#N)CCCCCC2)ccc1Cl. The Hall–Kier alpha value is -1.73. The van der Waals surface area contributed by atoms with Crippen LogP contribution in [0.15, 0.2) is 18.2 Å². The molecule has 1 amide bonds. The van der Waals surface area contributed by atoms with Crippen LogP contribution < -0.4 is 10.1 Å². The molecule has 0 aliphatic heterocycles. The van der Waals surface area contributed by atoms with Gasteiger partial charge in [0.15, 0.2) is 0 Å². The first-order chi connectivity index (χ1) is 10.1. The van der Waals surface area contributed by atoms with Crippen LogP contribution in [0.25, 0.3) is 0 Å². The predicted molar refractivity (Wildman–Crippen MR) is 82.4 cm³/mol. The minimum absolute atomic E-state index is 0.226. The summed E-state index contributed by atoms with van der Waals surface area (Å²) in [5, 5.41) is 12.8. The van der Waals surface area contributed by atoms with Gasteiger partial charge in [0.1, 0.15) is 11.2 Å². The molecule has 0 unspecified atom stereocenters. The number of hydrogen-bond donors (Lipinski definition) is 1. The monoisotopic (exact) mass is 306 g/mol. The van der Waals surface area contributed by atoms with Crippen molar-refractivity contribution in [2.75, 3.05) is 12.4 Å². The van der Waals surface area contributed by atoms with Gasteiger partial charge in [-0.1, -0.05) is 37.3 Å². The first kappa shape index (κ1) is 15.7. The van der Waals surface area contributed by atoms with Gasteiger partial charge in [0.05, 0.1) is 18.2 Å². The summed E-state index contributed by atoms with van der Waals surface area (Å²) in [4.78, 5) is 12.6. The molecule has 0 radical (unpaired) electrons. The molecule has 1 aromatic carbocycles. The minimum Gasteiger partial charge on any atom is -0.495 e. The van der Waals surface area contributed by atoms with Crippen molar-refractivity contribution in [3.63, 3.8) is 0 Å². The minimum atomic E-state index is -0.913. The Bertz CT molecular complexity index is 558. The van der Waals surface area contributed by atoms with Gasteiger partial charge in [0, 0.05) is 11.8 Å². The third kappa shape index (κ3) is 3.48. The molecule has 0 spiro atoms. The van der Waals surface area contributed by atoms with Gasteiger partial charge in [-0.15, -0.1) is 0 Å². The summed E-state index contributed by atoms with van der Waals surface area (Å²) in [5.74, 6) is 0.276. The fourth-order valence-electron chi connectivity index (χ4n) is 2.71. The van der Waals surface area contributed by atoms with Crippen molar-refractivity contribution in [1.82, 2.24) is 0 Å². The number of methoxy groups -OCH3 is 1. The maximum absolute atomic E-state index is 12.6. The Morgan fingerprint density at radius 2 is 2.00 bits per heavy atom. The fraction of sp³-hybridized carbons (Fsp3) is 0.500. The highest BCUT2D eigenvalue weighted by molar-refractivity contribution is 6.32. The third-order valence-electron chi connectivity index (χ3n) is 4.01. The molecule has 0 heterocycles. The number of nitriles is 1. The molecule has 0 aromatic heterocycles. The van der Waals surface area contributed by atoms with Crippen molar-refractivity contribution in [3.05, 3.63) is 23.2 Å². The van der Waals surface area contributed by atoms with Crippen molar-refractivity contribution in [2.45, 2.75) is 38.5 Å². The average molecular weight is 307 g/mol. The normalized spacial score (nSPS) is 17.4. The molecule has 1 aliphatic rings. The Labute approximate surface area is 130 Å². The summed E-state index contributed by atoms with van der Waals surface area (Å²) in [6, 6.07) is 7.30. The number of benzene rings is 1. The van der Waals surface area contributed by atoms with Crippen LogP contribution in [0.4, 0.5) is 5.69 Å². The van der Waals surface area contributed by atoms with Crippen LogP contribution in [-0.2, 0) is 4.79 Å². The lowest BCUT2D eigenvalue weighted by atomic mass is 9.81. The summed E-state index contributed by atoms with van der Waals surface area (Å²) < 4.78 is 5.14. The molecule has 0 bridgehead atoms. The fourth-order valence-corrected chi connectivity index (χ4v) is 2.90. The highest BCUT2D eigenvalue weighted by Crippen LogP contribution is 2.36. The van der Waals surface area contributed by atoms with Crippen LogP contribution in [0.5, 0.6) is 5.75 Å². The molecule has 2 rings (SSSR count). The summed E-state index contributed by atoms with van der Waals surface area (Å²) in [7, 11) is 1.52. The predicted octanol–water partition coefficient (Wildman–Crippen LogP) is 4.15. The standard InChI is InChI=1S/C16H19ClN2O2/c1-21-14-10-12(6-7-13(14)17)19-15(20)16(11-18)8-4-2-3-5-9-16/h6-7,10H,2-5,8-9H2,1H3,(H,19,20). The van der Waals surface area contributed by atoms with Crippen LogP contribution in [0, 0.1) is 16.7 Å². The molecule has 4 nitrogen and oxygen atoms in total. The first-order valence-corrected chi connectivity index (χ1v) is 7.55. The van der Waals surface area contributed by atoms with Crippen LogP contribution in [-0.4, -0.2) is 13.0 Å². The molecule has 1 aromatic rings.